The number of nitrogens with zero attached hydrogens (tertiary/aromatic N) is 2. The van der Waals surface area contributed by atoms with Crippen LogP contribution in [0.5, 0.6) is 0 Å². The van der Waals surface area contributed by atoms with E-state index in [1.54, 1.807) is 18.2 Å². The summed E-state index contributed by atoms with van der Waals surface area (Å²) in [5.74, 6) is -0.741. The molecular formula is C23H30BrN3O4S. The van der Waals surface area contributed by atoms with Gasteiger partial charge in [-0.2, -0.15) is 0 Å². The number of aryl methyl sites for hydroxylation is 2. The van der Waals surface area contributed by atoms with Crippen molar-refractivity contribution < 1.29 is 18.0 Å². The molecule has 7 nitrogen and oxygen atoms in total. The van der Waals surface area contributed by atoms with Crippen LogP contribution in [0, 0.1) is 13.8 Å². The second kappa shape index (κ2) is 11.0. The zero-order valence-electron chi connectivity index (χ0n) is 19.1. The van der Waals surface area contributed by atoms with Crippen molar-refractivity contribution in [1.29, 1.82) is 0 Å². The molecule has 1 atom stereocenters. The van der Waals surface area contributed by atoms with Crippen LogP contribution in [0.25, 0.3) is 0 Å². The Hall–Kier alpha value is -2.39. The lowest BCUT2D eigenvalue weighted by Gasteiger charge is -2.33. The molecule has 0 heterocycles. The molecule has 1 unspecified atom stereocenters. The molecule has 2 rings (SSSR count). The number of sulfonamides is 1. The molecule has 0 aliphatic rings. The molecule has 0 aromatic heterocycles. The summed E-state index contributed by atoms with van der Waals surface area (Å²) in [4.78, 5) is 27.5. The van der Waals surface area contributed by atoms with Crippen molar-refractivity contribution in [1.82, 2.24) is 10.2 Å². The Bertz CT molecular complexity index is 1090. The van der Waals surface area contributed by atoms with Crippen molar-refractivity contribution in [2.24, 2.45) is 0 Å². The number of carbonyl (C=O) groups excluding carboxylic acids is 2. The number of halogens is 1. The van der Waals surface area contributed by atoms with Crippen LogP contribution in [0.15, 0.2) is 46.9 Å². The lowest BCUT2D eigenvalue weighted by atomic mass is 10.1. The molecule has 0 aliphatic heterocycles. The van der Waals surface area contributed by atoms with E-state index in [0.29, 0.717) is 12.1 Å². The summed E-state index contributed by atoms with van der Waals surface area (Å²) in [6.45, 7) is 5.41. The van der Waals surface area contributed by atoms with Gasteiger partial charge in [0, 0.05) is 18.1 Å². The topological polar surface area (TPSA) is 86.8 Å². The number of likely N-dealkylation sites (N-methyl/N-ethyl adjacent to an activating group) is 1. The zero-order chi connectivity index (χ0) is 24.1. The second-order valence-electron chi connectivity index (χ2n) is 7.69. The van der Waals surface area contributed by atoms with Crippen molar-refractivity contribution >= 4 is 43.5 Å². The molecule has 0 bridgehead atoms. The summed E-state index contributed by atoms with van der Waals surface area (Å²) in [5.41, 5.74) is 3.12. The van der Waals surface area contributed by atoms with Crippen LogP contribution in [-0.2, 0) is 26.2 Å². The lowest BCUT2D eigenvalue weighted by molar-refractivity contribution is -0.140. The molecular weight excluding hydrogens is 494 g/mol. The lowest BCUT2D eigenvalue weighted by Crippen LogP contribution is -2.51. The van der Waals surface area contributed by atoms with Crippen molar-refractivity contribution in [2.75, 3.05) is 24.2 Å². The smallest absolute Gasteiger partial charge is 0.244 e. The first-order valence-corrected chi connectivity index (χ1v) is 12.9. The minimum absolute atomic E-state index is 0.203. The molecule has 1 N–H and O–H groups in total. The number of nitrogens with one attached hydrogen (secondary N) is 1. The molecule has 9 heteroatoms. The van der Waals surface area contributed by atoms with Gasteiger partial charge in [-0.15, -0.1) is 0 Å². The summed E-state index contributed by atoms with van der Waals surface area (Å²) < 4.78 is 27.1. The number of carbonyl (C=O) groups is 2. The Morgan fingerprint density at radius 1 is 1.09 bits per heavy atom. The Kier molecular flexibility index (Phi) is 8.86. The summed E-state index contributed by atoms with van der Waals surface area (Å²) in [5, 5.41) is 2.61. The van der Waals surface area contributed by atoms with Gasteiger partial charge in [-0.3, -0.25) is 13.9 Å². The van der Waals surface area contributed by atoms with E-state index >= 15 is 0 Å². The van der Waals surface area contributed by atoms with Gasteiger partial charge >= 0.3 is 0 Å². The van der Waals surface area contributed by atoms with Crippen LogP contribution in [0.4, 0.5) is 5.69 Å². The third-order valence-electron chi connectivity index (χ3n) is 5.34. The van der Waals surface area contributed by atoms with Gasteiger partial charge in [0.15, 0.2) is 0 Å². The highest BCUT2D eigenvalue weighted by atomic mass is 79.9. The number of amides is 2. The van der Waals surface area contributed by atoms with Crippen molar-refractivity contribution in [3.8, 4) is 0 Å². The van der Waals surface area contributed by atoms with Gasteiger partial charge in [0.1, 0.15) is 12.6 Å². The predicted octanol–water partition coefficient (Wildman–Crippen LogP) is 3.39. The number of hydrogen-bond acceptors (Lipinski definition) is 4. The largest absolute Gasteiger partial charge is 0.357 e. The fourth-order valence-electron chi connectivity index (χ4n) is 3.45. The number of rotatable bonds is 9. The molecule has 0 radical (unpaired) electrons. The first kappa shape index (κ1) is 25.9. The predicted molar refractivity (Wildman–Crippen MR) is 131 cm³/mol. The van der Waals surface area contributed by atoms with Gasteiger partial charge < -0.3 is 10.2 Å². The number of benzene rings is 2. The summed E-state index contributed by atoms with van der Waals surface area (Å²) in [7, 11) is -2.22. The monoisotopic (exact) mass is 523 g/mol. The molecule has 32 heavy (non-hydrogen) atoms. The Balaban J connectivity index is 2.46. The van der Waals surface area contributed by atoms with Gasteiger partial charge in [0.2, 0.25) is 21.8 Å². The molecule has 0 aliphatic carbocycles. The van der Waals surface area contributed by atoms with Crippen molar-refractivity contribution in [2.45, 2.75) is 39.8 Å². The maximum absolute atomic E-state index is 13.5. The molecule has 174 valence electrons. The van der Waals surface area contributed by atoms with Gasteiger partial charge in [-0.1, -0.05) is 47.1 Å². The van der Waals surface area contributed by atoms with Gasteiger partial charge in [0.25, 0.3) is 0 Å². The molecule has 0 saturated carbocycles. The van der Waals surface area contributed by atoms with Crippen LogP contribution in [0.2, 0.25) is 0 Å². The molecule has 0 fully saturated rings. The Labute approximate surface area is 199 Å². The Morgan fingerprint density at radius 3 is 2.28 bits per heavy atom. The highest BCUT2D eigenvalue weighted by Gasteiger charge is 2.31. The molecule has 0 saturated heterocycles. The number of anilines is 1. The summed E-state index contributed by atoms with van der Waals surface area (Å²) in [6.07, 6.45) is 1.47. The van der Waals surface area contributed by atoms with E-state index in [1.807, 2.05) is 45.0 Å². The van der Waals surface area contributed by atoms with Crippen LogP contribution >= 0.6 is 15.9 Å². The molecule has 0 spiro atoms. The maximum Gasteiger partial charge on any atom is 0.244 e. The minimum Gasteiger partial charge on any atom is -0.357 e. The van der Waals surface area contributed by atoms with Gasteiger partial charge in [0.05, 0.1) is 11.9 Å². The van der Waals surface area contributed by atoms with Crippen LogP contribution in [0.1, 0.15) is 30.0 Å². The minimum atomic E-state index is -3.75. The summed E-state index contributed by atoms with van der Waals surface area (Å²) >= 11 is 3.41. The highest BCUT2D eigenvalue weighted by Crippen LogP contribution is 2.25. The standard InChI is InChI=1S/C23H30BrN3O4S/c1-6-21(23(29)25-4)26(14-18-10-8-7-9-16(18)2)22(28)15-27(32(5,30)31)19-11-12-20(24)17(3)13-19/h7-13,21H,6,14-15H2,1-5H3,(H,25,29). The van der Waals surface area contributed by atoms with Crippen LogP contribution in [0.3, 0.4) is 0 Å². The SMILES string of the molecule is CCC(C(=O)NC)N(Cc1ccccc1C)C(=O)CN(c1ccc(Br)c(C)c1)S(C)(=O)=O. The highest BCUT2D eigenvalue weighted by molar-refractivity contribution is 9.10. The Morgan fingerprint density at radius 2 is 1.75 bits per heavy atom. The molecule has 2 aromatic rings. The van der Waals surface area contributed by atoms with E-state index in [4.69, 9.17) is 0 Å². The fraction of sp³-hybridized carbons (Fsp3) is 0.391. The first-order chi connectivity index (χ1) is 15.0. The quantitative estimate of drug-likeness (QED) is 0.545. The maximum atomic E-state index is 13.5. The van der Waals surface area contributed by atoms with E-state index in [0.717, 1.165) is 31.7 Å². The van der Waals surface area contributed by atoms with E-state index in [9.17, 15) is 18.0 Å². The molecule has 2 aromatic carbocycles. The van der Waals surface area contributed by atoms with Crippen LogP contribution < -0.4 is 9.62 Å². The zero-order valence-corrected chi connectivity index (χ0v) is 21.5. The van der Waals surface area contributed by atoms with Crippen LogP contribution in [-0.4, -0.2) is 51.0 Å². The number of hydrogen-bond donors (Lipinski definition) is 1. The first-order valence-electron chi connectivity index (χ1n) is 10.3. The van der Waals surface area contributed by atoms with Crippen molar-refractivity contribution in [3.05, 3.63) is 63.6 Å². The normalized spacial score (nSPS) is 12.2. The van der Waals surface area contributed by atoms with E-state index in [1.165, 1.54) is 11.9 Å². The van der Waals surface area contributed by atoms with Gasteiger partial charge in [-0.05, 0) is 55.2 Å². The fourth-order valence-corrected chi connectivity index (χ4v) is 4.54. The third-order valence-corrected chi connectivity index (χ3v) is 7.37. The van der Waals surface area contributed by atoms with Gasteiger partial charge in [-0.25, -0.2) is 8.42 Å². The average Bonchev–Trinajstić information content (AvgIpc) is 2.74. The summed E-state index contributed by atoms with van der Waals surface area (Å²) in [6, 6.07) is 12.0. The van der Waals surface area contributed by atoms with E-state index < -0.39 is 28.5 Å². The van der Waals surface area contributed by atoms with E-state index in [-0.39, 0.29) is 12.5 Å². The molecule has 2 amide bonds. The second-order valence-corrected chi connectivity index (χ2v) is 10.5. The van der Waals surface area contributed by atoms with Crippen molar-refractivity contribution in [3.63, 3.8) is 0 Å². The average molecular weight is 524 g/mol. The van der Waals surface area contributed by atoms with E-state index in [2.05, 4.69) is 21.2 Å². The third kappa shape index (κ3) is 6.32.